The summed E-state index contributed by atoms with van der Waals surface area (Å²) in [6.45, 7) is -1.15. The predicted octanol–water partition coefficient (Wildman–Crippen LogP) is -5.68. The van der Waals surface area contributed by atoms with Crippen LogP contribution < -0.4 is 21.9 Å². The van der Waals surface area contributed by atoms with Crippen molar-refractivity contribution >= 4 is 33.4 Å². The van der Waals surface area contributed by atoms with Gasteiger partial charge in [-0.2, -0.15) is 4.31 Å². The summed E-state index contributed by atoms with van der Waals surface area (Å²) in [7, 11) is -11.5. The van der Waals surface area contributed by atoms with Crippen LogP contribution in [0.2, 0.25) is 0 Å². The molecule has 3 rings (SSSR count). The van der Waals surface area contributed by atoms with E-state index in [1.165, 1.54) is 0 Å². The molecule has 2 amide bonds. The highest BCUT2D eigenvalue weighted by Crippen LogP contribution is 2.61. The van der Waals surface area contributed by atoms with E-state index in [4.69, 9.17) is 28.9 Å². The molecule has 13 atom stereocenters. The van der Waals surface area contributed by atoms with Crippen molar-refractivity contribution in [2.75, 3.05) is 19.8 Å². The number of hydrogen-bond donors (Lipinski definition) is 11. The highest BCUT2D eigenvalue weighted by Gasteiger charge is 2.52. The molecule has 2 aliphatic rings. The maximum Gasteiger partial charge on any atom is 0.483 e. The summed E-state index contributed by atoms with van der Waals surface area (Å²) in [5.74, 6) is -3.65. The minimum absolute atomic E-state index is 0.693. The molecular formula is C23H36N4O21P2. The highest BCUT2D eigenvalue weighted by atomic mass is 31.3. The monoisotopic (exact) mass is 766 g/mol. The number of hydrogen-bond acceptors (Lipinski definition) is 18. The zero-order valence-corrected chi connectivity index (χ0v) is 27.6. The van der Waals surface area contributed by atoms with E-state index in [0.29, 0.717) is 4.57 Å². The van der Waals surface area contributed by atoms with Gasteiger partial charge < -0.3 is 65.3 Å². The van der Waals surface area contributed by atoms with Gasteiger partial charge >= 0.3 is 27.3 Å². The van der Waals surface area contributed by atoms with Crippen LogP contribution in [0, 0.1) is 0 Å². The number of aliphatic hydroxyl groups excluding tert-OH is 5. The molecule has 0 spiro atoms. The fourth-order valence-corrected chi connectivity index (χ4v) is 6.84. The van der Waals surface area contributed by atoms with E-state index < -0.39 is 132 Å². The molecule has 1 aromatic rings. The van der Waals surface area contributed by atoms with Crippen molar-refractivity contribution in [1.29, 1.82) is 0 Å². The van der Waals surface area contributed by atoms with Gasteiger partial charge in [0.05, 0.1) is 19.8 Å². The third kappa shape index (κ3) is 10.5. The molecular weight excluding hydrogens is 730 g/mol. The first-order valence-electron chi connectivity index (χ1n) is 14.2. The third-order valence-electron chi connectivity index (χ3n) is 7.06. The second-order valence-electron chi connectivity index (χ2n) is 10.8. The maximum absolute atomic E-state index is 12.9. The Kier molecular flexibility index (Phi) is 14.1. The van der Waals surface area contributed by atoms with Gasteiger partial charge in [0.1, 0.15) is 54.8 Å². The zero-order valence-electron chi connectivity index (χ0n) is 25.9. The van der Waals surface area contributed by atoms with E-state index in [0.717, 1.165) is 26.1 Å². The number of ether oxygens (including phenoxy) is 3. The summed E-state index contributed by atoms with van der Waals surface area (Å²) in [5, 5.41) is 63.4. The second kappa shape index (κ2) is 17.0. The highest BCUT2D eigenvalue weighted by molar-refractivity contribution is 7.61. The van der Waals surface area contributed by atoms with Crippen LogP contribution in [-0.2, 0) is 51.1 Å². The standard InChI is InChI=1S/C23H36N4O21P2/c1-8(19(35)25-10(5-28)21(36)37)44-18-14(24-9(2)30)22(46-11(6-29)16(18)33)47-50(41,42)48-49(39,40)43-7-12-15(32)17(34)20(45-12)27-4-3-13(31)26-23(27)38/h3-4,8,10-12,14-18,20,22,28-29,32-34H,5-7H2,1-2H3,(H,24,30)(H,25,35)(H,36,37)(H,39,40)(H,41,42)(H,26,31,38)/t8-,10+,11-,12-,14-,15-,16-,17-,18-,20-,22-/m1/s1. The summed E-state index contributed by atoms with van der Waals surface area (Å²) in [4.78, 5) is 81.4. The normalized spacial score (nSPS) is 31.9. The second-order valence-corrected chi connectivity index (χ2v) is 13.7. The fourth-order valence-electron chi connectivity index (χ4n) is 4.68. The number of carboxylic acids is 1. The molecule has 25 nitrogen and oxygen atoms in total. The Balaban J connectivity index is 1.74. The average Bonchev–Trinajstić information content (AvgIpc) is 3.29. The molecule has 0 saturated carbocycles. The van der Waals surface area contributed by atoms with Crippen LogP contribution >= 0.6 is 15.6 Å². The summed E-state index contributed by atoms with van der Waals surface area (Å²) in [6, 6.07) is -2.70. The van der Waals surface area contributed by atoms with Crippen molar-refractivity contribution in [3.05, 3.63) is 33.1 Å². The van der Waals surface area contributed by atoms with Gasteiger partial charge in [-0.05, 0) is 6.92 Å². The summed E-state index contributed by atoms with van der Waals surface area (Å²) in [5.41, 5.74) is -1.82. The lowest BCUT2D eigenvalue weighted by Crippen LogP contribution is -2.66. The average molecular weight is 766 g/mol. The number of aromatic amines is 1. The number of aromatic nitrogens is 2. The van der Waals surface area contributed by atoms with Crippen molar-refractivity contribution in [1.82, 2.24) is 20.2 Å². The lowest BCUT2D eigenvalue weighted by molar-refractivity contribution is -0.261. The number of carbonyl (C=O) groups excluding carboxylic acids is 2. The van der Waals surface area contributed by atoms with Crippen molar-refractivity contribution in [3.8, 4) is 0 Å². The third-order valence-corrected chi connectivity index (χ3v) is 9.66. The van der Waals surface area contributed by atoms with Crippen LogP contribution in [0.25, 0.3) is 0 Å². The quantitative estimate of drug-likeness (QED) is 0.0698. The summed E-state index contributed by atoms with van der Waals surface area (Å²) in [6.07, 6.45) is -15.4. The first-order chi connectivity index (χ1) is 23.2. The molecule has 1 aromatic heterocycles. The smallest absolute Gasteiger partial charge is 0.480 e. The number of amides is 2. The molecule has 0 aromatic carbocycles. The van der Waals surface area contributed by atoms with Gasteiger partial charge in [0.25, 0.3) is 5.56 Å². The molecule has 2 unspecified atom stereocenters. The molecule has 0 bridgehead atoms. The predicted molar refractivity (Wildman–Crippen MR) is 155 cm³/mol. The van der Waals surface area contributed by atoms with E-state index in [9.17, 15) is 63.3 Å². The first-order valence-corrected chi connectivity index (χ1v) is 17.2. The zero-order chi connectivity index (χ0) is 37.7. The number of carbonyl (C=O) groups is 3. The van der Waals surface area contributed by atoms with Crippen molar-refractivity contribution < 1.29 is 91.5 Å². The first kappa shape index (κ1) is 41.5. The largest absolute Gasteiger partial charge is 0.483 e. The Morgan fingerprint density at radius 3 is 2.26 bits per heavy atom. The number of aliphatic carboxylic acids is 1. The molecule has 3 heterocycles. The van der Waals surface area contributed by atoms with Crippen LogP contribution in [0.3, 0.4) is 0 Å². The van der Waals surface area contributed by atoms with Gasteiger partial charge in [0.2, 0.25) is 11.8 Å². The Hall–Kier alpha value is -2.97. The van der Waals surface area contributed by atoms with Crippen molar-refractivity contribution in [2.45, 2.75) is 81.2 Å². The molecule has 2 aliphatic heterocycles. The molecule has 0 aliphatic carbocycles. The van der Waals surface area contributed by atoms with Gasteiger partial charge in [0, 0.05) is 19.2 Å². The Morgan fingerprint density at radius 2 is 1.70 bits per heavy atom. The SMILES string of the molecule is CC(=O)N[C@H]1[C@@H](OP(=O)(O)OP(=O)(O)OC[C@H]2O[C@@H](n3ccc(=O)[nH]c3=O)[C@H](O)[C@@H]2O)O[C@H](CO)[C@@H](O)[C@@H]1O[C@H](C)C(=O)N[C@@H](CO)C(=O)O. The van der Waals surface area contributed by atoms with E-state index in [2.05, 4.69) is 14.2 Å². The number of nitrogens with zero attached hydrogens (tertiary/aromatic N) is 1. The number of aliphatic hydroxyl groups is 5. The van der Waals surface area contributed by atoms with E-state index >= 15 is 0 Å². The summed E-state index contributed by atoms with van der Waals surface area (Å²) >= 11 is 0. The Labute approximate surface area is 279 Å². The van der Waals surface area contributed by atoms with E-state index in [1.54, 1.807) is 0 Å². The minimum Gasteiger partial charge on any atom is -0.480 e. The fraction of sp³-hybridized carbons (Fsp3) is 0.696. The molecule has 2 saturated heterocycles. The number of rotatable bonds is 16. The van der Waals surface area contributed by atoms with Crippen LogP contribution in [0.5, 0.6) is 0 Å². The molecule has 50 heavy (non-hydrogen) atoms. The van der Waals surface area contributed by atoms with E-state index in [-0.39, 0.29) is 0 Å². The maximum atomic E-state index is 12.9. The number of phosphoric ester groups is 2. The van der Waals surface area contributed by atoms with Crippen LogP contribution in [-0.4, -0.2) is 149 Å². The number of phosphoric acid groups is 2. The van der Waals surface area contributed by atoms with Gasteiger partial charge in [-0.25, -0.2) is 18.7 Å². The molecule has 27 heteroatoms. The molecule has 11 N–H and O–H groups in total. The molecule has 0 radical (unpaired) electrons. The number of H-pyrrole nitrogens is 1. The molecule has 284 valence electrons. The van der Waals surface area contributed by atoms with Crippen LogP contribution in [0.1, 0.15) is 20.1 Å². The van der Waals surface area contributed by atoms with Crippen molar-refractivity contribution in [3.63, 3.8) is 0 Å². The van der Waals surface area contributed by atoms with Crippen LogP contribution in [0.15, 0.2) is 21.9 Å². The topological polar surface area (TPSA) is 381 Å². The van der Waals surface area contributed by atoms with Crippen LogP contribution in [0.4, 0.5) is 0 Å². The van der Waals surface area contributed by atoms with E-state index in [1.807, 2.05) is 10.3 Å². The molecule has 2 fully saturated rings. The lowest BCUT2D eigenvalue weighted by Gasteiger charge is -2.44. The van der Waals surface area contributed by atoms with Gasteiger partial charge in [-0.3, -0.25) is 33.0 Å². The Morgan fingerprint density at radius 1 is 1.04 bits per heavy atom. The number of nitrogens with one attached hydrogen (secondary N) is 3. The minimum atomic E-state index is -5.83. The van der Waals surface area contributed by atoms with Gasteiger partial charge in [-0.15, -0.1) is 0 Å². The Bertz CT molecular complexity index is 1590. The van der Waals surface area contributed by atoms with Gasteiger partial charge in [0.15, 0.2) is 12.5 Å². The van der Waals surface area contributed by atoms with Gasteiger partial charge in [-0.1, -0.05) is 0 Å². The van der Waals surface area contributed by atoms with Crippen molar-refractivity contribution in [2.24, 2.45) is 0 Å². The lowest BCUT2D eigenvalue weighted by atomic mass is 9.96. The number of carboxylic acid groups (broad SMARTS) is 1. The summed E-state index contributed by atoms with van der Waals surface area (Å²) < 4.78 is 56.0.